The van der Waals surface area contributed by atoms with Crippen molar-refractivity contribution in [2.75, 3.05) is 26.3 Å². The summed E-state index contributed by atoms with van der Waals surface area (Å²) in [6.07, 6.45) is 4.80. The Labute approximate surface area is 115 Å². The molecule has 1 aromatic carbocycles. The monoisotopic (exact) mass is 260 g/mol. The zero-order valence-electron chi connectivity index (χ0n) is 11.6. The second kappa shape index (κ2) is 5.61. The molecular formula is C16H24N2O. The molecule has 3 heteroatoms. The lowest BCUT2D eigenvalue weighted by atomic mass is 9.86. The highest BCUT2D eigenvalue weighted by atomic mass is 16.5. The number of rotatable bonds is 3. The van der Waals surface area contributed by atoms with Crippen LogP contribution in [-0.4, -0.2) is 31.2 Å². The summed E-state index contributed by atoms with van der Waals surface area (Å²) in [5.74, 6) is 0. The van der Waals surface area contributed by atoms with E-state index in [1.54, 1.807) is 0 Å². The molecule has 3 nitrogen and oxygen atoms in total. The molecule has 0 bridgehead atoms. The molecule has 0 aromatic heterocycles. The van der Waals surface area contributed by atoms with Gasteiger partial charge in [0.2, 0.25) is 0 Å². The molecule has 0 radical (unpaired) electrons. The number of nitrogens with zero attached hydrogens (tertiary/aromatic N) is 1. The first-order chi connectivity index (χ1) is 9.28. The van der Waals surface area contributed by atoms with Crippen LogP contribution in [0.25, 0.3) is 0 Å². The van der Waals surface area contributed by atoms with Gasteiger partial charge in [0.15, 0.2) is 0 Å². The summed E-state index contributed by atoms with van der Waals surface area (Å²) < 4.78 is 5.42. The zero-order valence-corrected chi connectivity index (χ0v) is 11.6. The number of benzene rings is 1. The Morgan fingerprint density at radius 3 is 2.53 bits per heavy atom. The van der Waals surface area contributed by atoms with Crippen molar-refractivity contribution in [3.8, 4) is 0 Å². The van der Waals surface area contributed by atoms with E-state index in [4.69, 9.17) is 10.5 Å². The minimum Gasteiger partial charge on any atom is -0.379 e. The van der Waals surface area contributed by atoms with Crippen LogP contribution in [0, 0.1) is 0 Å². The Morgan fingerprint density at radius 1 is 1.11 bits per heavy atom. The number of ether oxygens (including phenoxy) is 1. The second-order valence-corrected chi connectivity index (χ2v) is 5.91. The summed E-state index contributed by atoms with van der Waals surface area (Å²) in [4.78, 5) is 2.47. The molecule has 2 fully saturated rings. The van der Waals surface area contributed by atoms with Crippen LogP contribution in [0.3, 0.4) is 0 Å². The minimum absolute atomic E-state index is 0.0805. The zero-order chi connectivity index (χ0) is 13.1. The largest absolute Gasteiger partial charge is 0.379 e. The van der Waals surface area contributed by atoms with Gasteiger partial charge in [0.05, 0.1) is 13.2 Å². The standard InChI is InChI=1S/C16H24N2O/c17-16(7-3-4-8-16)15-6-2-1-5-14(15)13-18-9-11-19-12-10-18/h1-2,5-6H,3-4,7-13,17H2. The molecule has 0 atom stereocenters. The van der Waals surface area contributed by atoms with E-state index < -0.39 is 0 Å². The summed E-state index contributed by atoms with van der Waals surface area (Å²) in [6, 6.07) is 8.75. The van der Waals surface area contributed by atoms with Crippen LogP contribution in [0.5, 0.6) is 0 Å². The maximum atomic E-state index is 6.64. The summed E-state index contributed by atoms with van der Waals surface area (Å²) >= 11 is 0. The SMILES string of the molecule is NC1(c2ccccc2CN2CCOCC2)CCCC1. The smallest absolute Gasteiger partial charge is 0.0594 e. The average molecular weight is 260 g/mol. The van der Waals surface area contributed by atoms with Gasteiger partial charge in [-0.2, -0.15) is 0 Å². The lowest BCUT2D eigenvalue weighted by Gasteiger charge is -2.31. The molecule has 104 valence electrons. The molecular weight excluding hydrogens is 236 g/mol. The Morgan fingerprint density at radius 2 is 1.79 bits per heavy atom. The molecule has 1 heterocycles. The molecule has 2 N–H and O–H groups in total. The Balaban J connectivity index is 1.80. The van der Waals surface area contributed by atoms with Crippen LogP contribution >= 0.6 is 0 Å². The first-order valence-corrected chi connectivity index (χ1v) is 7.45. The third-order valence-electron chi connectivity index (χ3n) is 4.55. The van der Waals surface area contributed by atoms with Crippen molar-refractivity contribution in [3.63, 3.8) is 0 Å². The lowest BCUT2D eigenvalue weighted by Crippen LogP contribution is -2.38. The summed E-state index contributed by atoms with van der Waals surface area (Å²) in [7, 11) is 0. The lowest BCUT2D eigenvalue weighted by molar-refractivity contribution is 0.0339. The molecule has 1 aromatic rings. The van der Waals surface area contributed by atoms with Crippen LogP contribution < -0.4 is 5.73 Å². The Bertz CT molecular complexity index is 421. The van der Waals surface area contributed by atoms with E-state index in [2.05, 4.69) is 29.2 Å². The van der Waals surface area contributed by atoms with Gasteiger partial charge >= 0.3 is 0 Å². The highest BCUT2D eigenvalue weighted by Crippen LogP contribution is 2.38. The van der Waals surface area contributed by atoms with Crippen molar-refractivity contribution in [1.29, 1.82) is 0 Å². The van der Waals surface area contributed by atoms with Crippen molar-refractivity contribution in [2.24, 2.45) is 5.73 Å². The minimum atomic E-state index is -0.0805. The van der Waals surface area contributed by atoms with Gasteiger partial charge in [-0.1, -0.05) is 37.1 Å². The number of nitrogens with two attached hydrogens (primary N) is 1. The molecule has 1 saturated heterocycles. The van der Waals surface area contributed by atoms with Crippen LogP contribution in [0.4, 0.5) is 0 Å². The van der Waals surface area contributed by atoms with Gasteiger partial charge in [-0.3, -0.25) is 4.90 Å². The second-order valence-electron chi connectivity index (χ2n) is 5.91. The van der Waals surface area contributed by atoms with Crippen molar-refractivity contribution in [3.05, 3.63) is 35.4 Å². The van der Waals surface area contributed by atoms with Gasteiger partial charge in [-0.15, -0.1) is 0 Å². The van der Waals surface area contributed by atoms with Crippen LogP contribution in [0.15, 0.2) is 24.3 Å². The van der Waals surface area contributed by atoms with E-state index in [9.17, 15) is 0 Å². The molecule has 0 spiro atoms. The van der Waals surface area contributed by atoms with Gasteiger partial charge in [0.1, 0.15) is 0 Å². The molecule has 2 aliphatic rings. The van der Waals surface area contributed by atoms with Gasteiger partial charge in [0, 0.05) is 25.2 Å². The van der Waals surface area contributed by atoms with Gasteiger partial charge < -0.3 is 10.5 Å². The Kier molecular flexibility index (Phi) is 3.87. The van der Waals surface area contributed by atoms with E-state index in [1.807, 2.05) is 0 Å². The number of hydrogen-bond acceptors (Lipinski definition) is 3. The fourth-order valence-corrected chi connectivity index (χ4v) is 3.42. The van der Waals surface area contributed by atoms with E-state index in [0.29, 0.717) is 0 Å². The van der Waals surface area contributed by atoms with Crippen molar-refractivity contribution in [2.45, 2.75) is 37.8 Å². The normalized spacial score (nSPS) is 23.6. The highest BCUT2D eigenvalue weighted by Gasteiger charge is 2.33. The van der Waals surface area contributed by atoms with E-state index in [1.165, 1.54) is 24.0 Å². The maximum absolute atomic E-state index is 6.64. The quantitative estimate of drug-likeness (QED) is 0.906. The Hall–Kier alpha value is -0.900. The number of hydrogen-bond donors (Lipinski definition) is 1. The van der Waals surface area contributed by atoms with Crippen LogP contribution in [0.2, 0.25) is 0 Å². The summed E-state index contributed by atoms with van der Waals surface area (Å²) in [6.45, 7) is 4.79. The number of morpholine rings is 1. The van der Waals surface area contributed by atoms with Gasteiger partial charge in [-0.05, 0) is 24.0 Å². The predicted octanol–water partition coefficient (Wildman–Crippen LogP) is 2.25. The van der Waals surface area contributed by atoms with Crippen molar-refractivity contribution >= 4 is 0 Å². The molecule has 1 aliphatic heterocycles. The van der Waals surface area contributed by atoms with E-state index in [-0.39, 0.29) is 5.54 Å². The first-order valence-electron chi connectivity index (χ1n) is 7.45. The molecule has 3 rings (SSSR count). The summed E-state index contributed by atoms with van der Waals surface area (Å²) in [5.41, 5.74) is 9.35. The highest BCUT2D eigenvalue weighted by molar-refractivity contribution is 5.34. The summed E-state index contributed by atoms with van der Waals surface area (Å²) in [5, 5.41) is 0. The first kappa shape index (κ1) is 13.1. The molecule has 0 amide bonds. The molecule has 19 heavy (non-hydrogen) atoms. The van der Waals surface area contributed by atoms with E-state index >= 15 is 0 Å². The third kappa shape index (κ3) is 2.83. The van der Waals surface area contributed by atoms with Crippen molar-refractivity contribution < 1.29 is 4.74 Å². The van der Waals surface area contributed by atoms with E-state index in [0.717, 1.165) is 45.7 Å². The fraction of sp³-hybridized carbons (Fsp3) is 0.625. The van der Waals surface area contributed by atoms with Crippen molar-refractivity contribution in [1.82, 2.24) is 4.90 Å². The topological polar surface area (TPSA) is 38.5 Å². The van der Waals surface area contributed by atoms with Crippen LogP contribution in [-0.2, 0) is 16.8 Å². The molecule has 1 aliphatic carbocycles. The molecule has 1 saturated carbocycles. The average Bonchev–Trinajstić information content (AvgIpc) is 2.88. The molecule has 0 unspecified atom stereocenters. The van der Waals surface area contributed by atoms with Crippen LogP contribution in [0.1, 0.15) is 36.8 Å². The maximum Gasteiger partial charge on any atom is 0.0594 e. The fourth-order valence-electron chi connectivity index (χ4n) is 3.42. The third-order valence-corrected chi connectivity index (χ3v) is 4.55. The van der Waals surface area contributed by atoms with Gasteiger partial charge in [0.25, 0.3) is 0 Å². The van der Waals surface area contributed by atoms with Gasteiger partial charge in [-0.25, -0.2) is 0 Å². The predicted molar refractivity (Wildman–Crippen MR) is 76.9 cm³/mol.